The number of hydrogen-bond acceptors (Lipinski definition) is 6. The number of azo groups is 1. The molecule has 0 amide bonds. The van der Waals surface area contributed by atoms with E-state index >= 15 is 0 Å². The Hall–Kier alpha value is -1.50. The monoisotopic (exact) mass is 252 g/mol. The van der Waals surface area contributed by atoms with E-state index < -0.39 is 11.1 Å². The van der Waals surface area contributed by atoms with Crippen molar-refractivity contribution in [3.05, 3.63) is 0 Å². The summed E-state index contributed by atoms with van der Waals surface area (Å²) in [5, 5.41) is 43.5. The topological polar surface area (TPSA) is 113 Å². The second-order valence-corrected chi connectivity index (χ2v) is 4.63. The van der Waals surface area contributed by atoms with Gasteiger partial charge >= 0.3 is 0 Å². The third-order valence-corrected chi connectivity index (χ3v) is 2.62. The van der Waals surface area contributed by atoms with Gasteiger partial charge in [-0.2, -0.15) is 20.8 Å². The molecule has 6 nitrogen and oxygen atoms in total. The van der Waals surface area contributed by atoms with Gasteiger partial charge in [-0.3, -0.25) is 0 Å². The summed E-state index contributed by atoms with van der Waals surface area (Å²) in [6.07, 6.45) is 1.71. The van der Waals surface area contributed by atoms with Crippen LogP contribution in [-0.2, 0) is 0 Å². The van der Waals surface area contributed by atoms with Crippen LogP contribution in [-0.4, -0.2) is 34.5 Å². The molecule has 2 unspecified atom stereocenters. The largest absolute Gasteiger partial charge is 0.396 e. The summed E-state index contributed by atoms with van der Waals surface area (Å²) in [5.41, 5.74) is -2.03. The van der Waals surface area contributed by atoms with Crippen molar-refractivity contribution in [3.8, 4) is 12.1 Å². The lowest BCUT2D eigenvalue weighted by molar-refractivity contribution is 0.267. The van der Waals surface area contributed by atoms with E-state index in [2.05, 4.69) is 10.2 Å². The van der Waals surface area contributed by atoms with E-state index in [0.29, 0.717) is 25.7 Å². The number of aliphatic hydroxyl groups is 2. The highest BCUT2D eigenvalue weighted by molar-refractivity contribution is 5.07. The summed E-state index contributed by atoms with van der Waals surface area (Å²) >= 11 is 0. The Labute approximate surface area is 108 Å². The second kappa shape index (κ2) is 7.75. The zero-order valence-electron chi connectivity index (χ0n) is 10.9. The van der Waals surface area contributed by atoms with Crippen LogP contribution in [0.4, 0.5) is 0 Å². The zero-order chi connectivity index (χ0) is 14.1. The van der Waals surface area contributed by atoms with Gasteiger partial charge in [-0.05, 0) is 39.5 Å². The maximum atomic E-state index is 9.05. The van der Waals surface area contributed by atoms with Gasteiger partial charge in [0.25, 0.3) is 0 Å². The molecule has 0 radical (unpaired) electrons. The molecule has 0 fully saturated rings. The minimum Gasteiger partial charge on any atom is -0.396 e. The Morgan fingerprint density at radius 2 is 1.22 bits per heavy atom. The van der Waals surface area contributed by atoms with Crippen molar-refractivity contribution in [2.24, 2.45) is 10.2 Å². The lowest BCUT2D eigenvalue weighted by Crippen LogP contribution is -2.24. The van der Waals surface area contributed by atoms with Crippen LogP contribution in [0.5, 0.6) is 0 Å². The third-order valence-electron chi connectivity index (χ3n) is 2.62. The fraction of sp³-hybridized carbons (Fsp3) is 0.833. The van der Waals surface area contributed by atoms with E-state index in [1.165, 1.54) is 0 Å². The zero-order valence-corrected chi connectivity index (χ0v) is 10.9. The normalized spacial score (nSPS) is 17.7. The molecule has 0 saturated carbocycles. The molecular weight excluding hydrogens is 232 g/mol. The molecule has 0 aliphatic carbocycles. The van der Waals surface area contributed by atoms with Crippen molar-refractivity contribution >= 4 is 0 Å². The van der Waals surface area contributed by atoms with E-state index in [1.807, 2.05) is 12.1 Å². The Bertz CT molecular complexity index is 324. The predicted octanol–water partition coefficient (Wildman–Crippen LogP) is 1.55. The van der Waals surface area contributed by atoms with Crippen molar-refractivity contribution < 1.29 is 10.2 Å². The van der Waals surface area contributed by atoms with Crippen molar-refractivity contribution in [1.82, 2.24) is 0 Å². The van der Waals surface area contributed by atoms with Gasteiger partial charge in [-0.1, -0.05) is 0 Å². The molecule has 100 valence electrons. The Balaban J connectivity index is 4.75. The van der Waals surface area contributed by atoms with Gasteiger partial charge in [0.05, 0.1) is 12.1 Å². The number of nitrogens with zero attached hydrogens (tertiary/aromatic N) is 4. The molecule has 0 saturated heterocycles. The van der Waals surface area contributed by atoms with Crippen LogP contribution in [0.1, 0.15) is 39.5 Å². The Kier molecular flexibility index (Phi) is 7.11. The van der Waals surface area contributed by atoms with Crippen molar-refractivity contribution in [3.63, 3.8) is 0 Å². The van der Waals surface area contributed by atoms with E-state index in [4.69, 9.17) is 20.7 Å². The molecule has 2 N–H and O–H groups in total. The van der Waals surface area contributed by atoms with E-state index in [0.717, 1.165) is 0 Å². The average Bonchev–Trinajstić information content (AvgIpc) is 2.40. The van der Waals surface area contributed by atoms with Crippen LogP contribution in [0.3, 0.4) is 0 Å². The lowest BCUT2D eigenvalue weighted by Gasteiger charge is -2.19. The molecule has 0 aliphatic rings. The number of hydrogen-bond donors (Lipinski definition) is 2. The standard InChI is InChI=1S/C12H20N4O2/c1-11(9-13,5-3-7-17)15-16-12(2,10-14)6-4-8-18/h17-18H,3-8H2,1-2H3/b16-15+. The van der Waals surface area contributed by atoms with Gasteiger partial charge in [-0.15, -0.1) is 0 Å². The summed E-state index contributed by atoms with van der Waals surface area (Å²) in [6.45, 7) is 3.23. The van der Waals surface area contributed by atoms with Crippen LogP contribution in [0.15, 0.2) is 10.2 Å². The van der Waals surface area contributed by atoms with Crippen molar-refractivity contribution in [2.45, 2.75) is 50.6 Å². The van der Waals surface area contributed by atoms with Gasteiger partial charge in [-0.25, -0.2) is 0 Å². The molecule has 0 aliphatic heterocycles. The summed E-state index contributed by atoms with van der Waals surface area (Å²) in [7, 11) is 0. The van der Waals surface area contributed by atoms with Crippen molar-refractivity contribution in [2.75, 3.05) is 13.2 Å². The van der Waals surface area contributed by atoms with E-state index in [-0.39, 0.29) is 13.2 Å². The summed E-state index contributed by atoms with van der Waals surface area (Å²) in [5.74, 6) is 0. The third kappa shape index (κ3) is 5.72. The highest BCUT2D eigenvalue weighted by Crippen LogP contribution is 2.22. The molecule has 0 aromatic heterocycles. The van der Waals surface area contributed by atoms with Crippen LogP contribution < -0.4 is 0 Å². The maximum Gasteiger partial charge on any atom is 0.164 e. The van der Waals surface area contributed by atoms with Gasteiger partial charge < -0.3 is 10.2 Å². The second-order valence-electron chi connectivity index (χ2n) is 4.63. The molecule has 0 heterocycles. The number of nitriles is 2. The molecule has 0 aromatic rings. The average molecular weight is 252 g/mol. The van der Waals surface area contributed by atoms with Crippen LogP contribution >= 0.6 is 0 Å². The molecule has 18 heavy (non-hydrogen) atoms. The number of aliphatic hydroxyl groups excluding tert-OH is 2. The highest BCUT2D eigenvalue weighted by atomic mass is 16.3. The molecule has 0 bridgehead atoms. The van der Waals surface area contributed by atoms with Crippen LogP contribution in [0, 0.1) is 22.7 Å². The molecule has 6 heteroatoms. The van der Waals surface area contributed by atoms with E-state index in [1.54, 1.807) is 13.8 Å². The molecule has 0 rings (SSSR count). The first-order valence-electron chi connectivity index (χ1n) is 5.93. The maximum absolute atomic E-state index is 9.05. The van der Waals surface area contributed by atoms with Gasteiger partial charge in [0.1, 0.15) is 0 Å². The first-order valence-corrected chi connectivity index (χ1v) is 5.93. The summed E-state index contributed by atoms with van der Waals surface area (Å²) < 4.78 is 0. The smallest absolute Gasteiger partial charge is 0.164 e. The first kappa shape index (κ1) is 16.5. The fourth-order valence-electron chi connectivity index (χ4n) is 1.32. The highest BCUT2D eigenvalue weighted by Gasteiger charge is 2.27. The molecule has 2 atom stereocenters. The minimum atomic E-state index is -1.01. The van der Waals surface area contributed by atoms with Crippen molar-refractivity contribution in [1.29, 1.82) is 10.5 Å². The fourth-order valence-corrected chi connectivity index (χ4v) is 1.32. The quantitative estimate of drug-likeness (QED) is 0.638. The molecule has 0 spiro atoms. The predicted molar refractivity (Wildman–Crippen MR) is 65.5 cm³/mol. The van der Waals surface area contributed by atoms with Gasteiger partial charge in [0.15, 0.2) is 11.1 Å². The Morgan fingerprint density at radius 1 is 0.889 bits per heavy atom. The SMILES string of the molecule is CC(C#N)(CCCO)/N=N/C(C)(C#N)CCCO. The Morgan fingerprint density at radius 3 is 1.44 bits per heavy atom. The number of rotatable bonds is 8. The van der Waals surface area contributed by atoms with Crippen LogP contribution in [0.25, 0.3) is 0 Å². The summed E-state index contributed by atoms with van der Waals surface area (Å²) in [4.78, 5) is 0. The summed E-state index contributed by atoms with van der Waals surface area (Å²) in [6, 6.07) is 4.07. The van der Waals surface area contributed by atoms with Crippen LogP contribution in [0.2, 0.25) is 0 Å². The van der Waals surface area contributed by atoms with Gasteiger partial charge in [0, 0.05) is 13.2 Å². The lowest BCUT2D eigenvalue weighted by atomic mass is 9.98. The minimum absolute atomic E-state index is 0.00712. The first-order chi connectivity index (χ1) is 8.45. The van der Waals surface area contributed by atoms with E-state index in [9.17, 15) is 0 Å². The van der Waals surface area contributed by atoms with Gasteiger partial charge in [0.2, 0.25) is 0 Å². The molecule has 0 aromatic carbocycles. The molecular formula is C12H20N4O2.